The number of fused-ring (bicyclic) bond motifs is 1. The van der Waals surface area contributed by atoms with Crippen molar-refractivity contribution in [1.82, 2.24) is 29.6 Å². The maximum atomic E-state index is 14.8. The minimum atomic E-state index is -1.29. The Bertz CT molecular complexity index is 1180. The molecule has 1 fully saturated rings. The van der Waals surface area contributed by atoms with Crippen molar-refractivity contribution in [3.63, 3.8) is 0 Å². The number of piperazine rings is 1. The van der Waals surface area contributed by atoms with Gasteiger partial charge in [0.1, 0.15) is 17.7 Å². The smallest absolute Gasteiger partial charge is 0.272 e. The molecule has 1 atom stereocenters. The van der Waals surface area contributed by atoms with Crippen LogP contribution in [0.3, 0.4) is 0 Å². The van der Waals surface area contributed by atoms with Gasteiger partial charge in [-0.2, -0.15) is 0 Å². The Morgan fingerprint density at radius 1 is 0.919 bits per heavy atom. The predicted octanol–water partition coefficient (Wildman–Crippen LogP) is 2.72. The second-order valence-electron chi connectivity index (χ2n) is 11.1. The molecule has 2 amide bonds. The molecule has 1 N–H and O–H groups in total. The van der Waals surface area contributed by atoms with Crippen LogP contribution in [-0.4, -0.2) is 88.9 Å². The van der Waals surface area contributed by atoms with E-state index in [2.05, 4.69) is 15.2 Å². The summed E-state index contributed by atoms with van der Waals surface area (Å²) >= 11 is 0. The summed E-state index contributed by atoms with van der Waals surface area (Å²) in [5.74, 6) is -4.12. The Labute approximate surface area is 215 Å². The van der Waals surface area contributed by atoms with E-state index in [4.69, 9.17) is 0 Å². The Hall–Kier alpha value is -2.92. The standard InChI is InChI=1S/C26H35F3N6O2/c1-26(2,3)22(25(37)34-11-9-32(4)10-12-34)31-24(36)21-20-15-33(5)7-6-8-35(20)23(30-21)16-13-18(28)19(29)14-17(16)27/h13-14,22H,6-12,15H2,1-5H3,(H,31,36). The van der Waals surface area contributed by atoms with Gasteiger partial charge in [-0.15, -0.1) is 0 Å². The molecule has 4 rings (SSSR count). The average molecular weight is 521 g/mol. The van der Waals surface area contributed by atoms with Crippen molar-refractivity contribution in [3.8, 4) is 11.4 Å². The molecule has 2 aliphatic heterocycles. The molecule has 2 aliphatic rings. The first kappa shape index (κ1) is 27.1. The van der Waals surface area contributed by atoms with Crippen molar-refractivity contribution >= 4 is 11.8 Å². The zero-order valence-corrected chi connectivity index (χ0v) is 22.1. The number of benzene rings is 1. The number of nitrogens with zero attached hydrogens (tertiary/aromatic N) is 5. The van der Waals surface area contributed by atoms with Gasteiger partial charge >= 0.3 is 0 Å². The third-order valence-electron chi connectivity index (χ3n) is 7.08. The highest BCUT2D eigenvalue weighted by Crippen LogP contribution is 2.30. The summed E-state index contributed by atoms with van der Waals surface area (Å²) in [6, 6.07) is 0.442. The first-order chi connectivity index (χ1) is 17.4. The third-order valence-corrected chi connectivity index (χ3v) is 7.08. The first-order valence-corrected chi connectivity index (χ1v) is 12.6. The second-order valence-corrected chi connectivity index (χ2v) is 11.1. The average Bonchev–Trinajstić information content (AvgIpc) is 3.04. The second kappa shape index (κ2) is 10.4. The summed E-state index contributed by atoms with van der Waals surface area (Å²) in [6.07, 6.45) is 0.700. The van der Waals surface area contributed by atoms with Gasteiger partial charge in [0.05, 0.1) is 11.3 Å². The molecule has 0 bridgehead atoms. The number of aromatic nitrogens is 2. The molecule has 0 saturated carbocycles. The number of amides is 2. The molecule has 1 aromatic carbocycles. The quantitative estimate of drug-likeness (QED) is 0.628. The van der Waals surface area contributed by atoms with E-state index < -0.39 is 34.8 Å². The van der Waals surface area contributed by atoms with Gasteiger partial charge in [-0.3, -0.25) is 9.59 Å². The fraction of sp³-hybridized carbons (Fsp3) is 0.577. The molecule has 1 saturated heterocycles. The van der Waals surface area contributed by atoms with Crippen LogP contribution >= 0.6 is 0 Å². The minimum absolute atomic E-state index is 0.0494. The summed E-state index contributed by atoms with van der Waals surface area (Å²) in [5.41, 5.74) is -0.215. The van der Waals surface area contributed by atoms with Gasteiger partial charge in [0.2, 0.25) is 5.91 Å². The molecule has 1 unspecified atom stereocenters. The van der Waals surface area contributed by atoms with E-state index in [-0.39, 0.29) is 23.0 Å². The summed E-state index contributed by atoms with van der Waals surface area (Å²) in [4.78, 5) is 37.5. The molecular formula is C26H35F3N6O2. The Morgan fingerprint density at radius 3 is 2.22 bits per heavy atom. The van der Waals surface area contributed by atoms with Gasteiger partial charge in [0.25, 0.3) is 5.91 Å². The maximum Gasteiger partial charge on any atom is 0.272 e. The van der Waals surface area contributed by atoms with Crippen molar-refractivity contribution in [3.05, 3.63) is 41.0 Å². The minimum Gasteiger partial charge on any atom is -0.338 e. The molecule has 11 heteroatoms. The van der Waals surface area contributed by atoms with Crippen LogP contribution in [0.2, 0.25) is 0 Å². The van der Waals surface area contributed by atoms with Crippen molar-refractivity contribution in [2.75, 3.05) is 46.8 Å². The van der Waals surface area contributed by atoms with Crippen LogP contribution in [0.4, 0.5) is 13.2 Å². The predicted molar refractivity (Wildman–Crippen MR) is 133 cm³/mol. The van der Waals surface area contributed by atoms with Crippen LogP contribution in [0.15, 0.2) is 12.1 Å². The van der Waals surface area contributed by atoms with Crippen molar-refractivity contribution in [2.24, 2.45) is 5.41 Å². The lowest BCUT2D eigenvalue weighted by Gasteiger charge is -2.38. The Kier molecular flexibility index (Phi) is 7.66. The monoisotopic (exact) mass is 520 g/mol. The molecule has 0 spiro atoms. The maximum absolute atomic E-state index is 14.8. The van der Waals surface area contributed by atoms with E-state index in [0.29, 0.717) is 44.4 Å². The van der Waals surface area contributed by atoms with Crippen LogP contribution in [-0.2, 0) is 17.9 Å². The fourth-order valence-electron chi connectivity index (χ4n) is 4.86. The fourth-order valence-corrected chi connectivity index (χ4v) is 4.86. The molecule has 1 aromatic heterocycles. The number of halogens is 3. The number of imidazole rings is 1. The van der Waals surface area contributed by atoms with Crippen molar-refractivity contribution in [1.29, 1.82) is 0 Å². The SMILES string of the molecule is CN1CCN(C(=O)C(NC(=O)c2nc(-c3cc(F)c(F)cc3F)n3c2CN(C)CCC3)C(C)(C)C)CC1. The van der Waals surface area contributed by atoms with Gasteiger partial charge in [0, 0.05) is 45.3 Å². The molecule has 0 radical (unpaired) electrons. The van der Waals surface area contributed by atoms with Gasteiger partial charge < -0.3 is 24.6 Å². The largest absolute Gasteiger partial charge is 0.338 e. The highest BCUT2D eigenvalue weighted by atomic mass is 19.2. The highest BCUT2D eigenvalue weighted by molar-refractivity contribution is 5.98. The summed E-state index contributed by atoms with van der Waals surface area (Å²) < 4.78 is 44.1. The van der Waals surface area contributed by atoms with Gasteiger partial charge in [-0.05, 0) is 38.5 Å². The molecule has 2 aromatic rings. The lowest BCUT2D eigenvalue weighted by atomic mass is 9.85. The number of likely N-dealkylation sites (N-methyl/N-ethyl adjacent to an activating group) is 1. The van der Waals surface area contributed by atoms with E-state index in [1.54, 1.807) is 9.47 Å². The van der Waals surface area contributed by atoms with Crippen LogP contribution in [0.1, 0.15) is 43.4 Å². The van der Waals surface area contributed by atoms with Crippen molar-refractivity contribution < 1.29 is 22.8 Å². The number of nitrogens with one attached hydrogen (secondary N) is 1. The topological polar surface area (TPSA) is 73.7 Å². The molecule has 202 valence electrons. The zero-order valence-electron chi connectivity index (χ0n) is 22.1. The number of hydrogen-bond acceptors (Lipinski definition) is 5. The molecule has 3 heterocycles. The normalized spacial score (nSPS) is 18.3. The van der Waals surface area contributed by atoms with Crippen LogP contribution in [0, 0.1) is 22.9 Å². The van der Waals surface area contributed by atoms with Crippen LogP contribution in [0.25, 0.3) is 11.4 Å². The van der Waals surface area contributed by atoms with Gasteiger partial charge in [0.15, 0.2) is 17.3 Å². The van der Waals surface area contributed by atoms with E-state index >= 15 is 0 Å². The van der Waals surface area contributed by atoms with Crippen LogP contribution in [0.5, 0.6) is 0 Å². The van der Waals surface area contributed by atoms with E-state index in [9.17, 15) is 22.8 Å². The summed E-state index contributed by atoms with van der Waals surface area (Å²) in [5, 5.41) is 2.90. The molecule has 0 aliphatic carbocycles. The first-order valence-electron chi connectivity index (χ1n) is 12.6. The van der Waals surface area contributed by atoms with E-state index in [1.165, 1.54) is 0 Å². The lowest BCUT2D eigenvalue weighted by molar-refractivity contribution is -0.137. The summed E-state index contributed by atoms with van der Waals surface area (Å²) in [6.45, 7) is 9.81. The lowest BCUT2D eigenvalue weighted by Crippen LogP contribution is -2.58. The van der Waals surface area contributed by atoms with Crippen molar-refractivity contribution in [2.45, 2.75) is 46.3 Å². The molecule has 37 heavy (non-hydrogen) atoms. The van der Waals surface area contributed by atoms with E-state index in [1.807, 2.05) is 39.8 Å². The number of hydrogen-bond donors (Lipinski definition) is 1. The van der Waals surface area contributed by atoms with E-state index in [0.717, 1.165) is 25.7 Å². The third kappa shape index (κ3) is 5.67. The Balaban J connectivity index is 1.72. The van der Waals surface area contributed by atoms with Gasteiger partial charge in [-0.25, -0.2) is 18.2 Å². The number of carbonyl (C=O) groups is 2. The highest BCUT2D eigenvalue weighted by Gasteiger charge is 2.38. The zero-order chi connectivity index (χ0) is 27.1. The van der Waals surface area contributed by atoms with Gasteiger partial charge in [-0.1, -0.05) is 20.8 Å². The molecule has 8 nitrogen and oxygen atoms in total. The number of carbonyl (C=O) groups excluding carboxylic acids is 2. The Morgan fingerprint density at radius 2 is 1.57 bits per heavy atom. The number of rotatable bonds is 4. The molecular weight excluding hydrogens is 485 g/mol. The van der Waals surface area contributed by atoms with Crippen LogP contribution < -0.4 is 5.32 Å². The summed E-state index contributed by atoms with van der Waals surface area (Å²) in [7, 11) is 3.90.